The zero-order valence-electron chi connectivity index (χ0n) is 14.1. The van der Waals surface area contributed by atoms with Gasteiger partial charge in [-0.2, -0.15) is 5.26 Å². The van der Waals surface area contributed by atoms with Crippen LogP contribution in [-0.2, 0) is 9.53 Å². The molecule has 1 amide bonds. The first-order valence-electron chi connectivity index (χ1n) is 7.86. The molecule has 1 atom stereocenters. The Hall–Kier alpha value is -3.14. The fraction of sp³-hybridized carbons (Fsp3) is 0.333. The normalized spacial score (nSPS) is 11.4. The number of pyridine rings is 1. The lowest BCUT2D eigenvalue weighted by Crippen LogP contribution is -2.26. The van der Waals surface area contributed by atoms with Gasteiger partial charge in [0.2, 0.25) is 0 Å². The Morgan fingerprint density at radius 3 is 2.84 bits per heavy atom. The largest absolute Gasteiger partial charge is 0.475 e. The zero-order valence-corrected chi connectivity index (χ0v) is 14.1. The highest BCUT2D eigenvalue weighted by Gasteiger charge is 2.14. The standard InChI is InChI=1S/C18H19N3O4/c1-12(11-19)25-16-10-15(21-14-7-4-3-6-13(14)16)18(23)20-9-5-8-17(22)24-2/h3-4,6-7,10,12H,5,8-9H2,1-2H3,(H,20,23). The first kappa shape index (κ1) is 18.2. The van der Waals surface area contributed by atoms with E-state index in [0.717, 1.165) is 5.39 Å². The van der Waals surface area contributed by atoms with E-state index in [0.29, 0.717) is 24.2 Å². The van der Waals surface area contributed by atoms with Crippen molar-refractivity contribution >= 4 is 22.8 Å². The van der Waals surface area contributed by atoms with E-state index >= 15 is 0 Å². The van der Waals surface area contributed by atoms with Gasteiger partial charge in [0.05, 0.1) is 12.6 Å². The first-order valence-corrected chi connectivity index (χ1v) is 7.86. The van der Waals surface area contributed by atoms with Crippen LogP contribution >= 0.6 is 0 Å². The molecule has 0 bridgehead atoms. The summed E-state index contributed by atoms with van der Waals surface area (Å²) < 4.78 is 10.1. The van der Waals surface area contributed by atoms with E-state index in [2.05, 4.69) is 15.0 Å². The van der Waals surface area contributed by atoms with Gasteiger partial charge in [-0.15, -0.1) is 0 Å². The van der Waals surface area contributed by atoms with Crippen LogP contribution in [0.15, 0.2) is 30.3 Å². The van der Waals surface area contributed by atoms with Crippen molar-refractivity contribution in [2.45, 2.75) is 25.9 Å². The number of esters is 1. The molecule has 0 fully saturated rings. The topological polar surface area (TPSA) is 101 Å². The second kappa shape index (κ2) is 8.64. The predicted octanol–water partition coefficient (Wildman–Crippen LogP) is 2.21. The van der Waals surface area contributed by atoms with Gasteiger partial charge >= 0.3 is 5.97 Å². The SMILES string of the molecule is COC(=O)CCCNC(=O)c1cc(OC(C)C#N)c2ccccc2n1. The Balaban J connectivity index is 2.16. The first-order chi connectivity index (χ1) is 12.0. The third kappa shape index (κ3) is 4.91. The average molecular weight is 341 g/mol. The number of rotatable bonds is 7. The molecule has 1 aromatic heterocycles. The van der Waals surface area contributed by atoms with Gasteiger partial charge in [-0.3, -0.25) is 9.59 Å². The number of fused-ring (bicyclic) bond motifs is 1. The Labute approximate surface area is 145 Å². The van der Waals surface area contributed by atoms with E-state index in [4.69, 9.17) is 10.00 Å². The summed E-state index contributed by atoms with van der Waals surface area (Å²) in [4.78, 5) is 27.7. The molecular formula is C18H19N3O4. The van der Waals surface area contributed by atoms with Gasteiger partial charge in [-0.05, 0) is 25.5 Å². The number of aromatic nitrogens is 1. The minimum Gasteiger partial charge on any atom is -0.475 e. The number of hydrogen-bond acceptors (Lipinski definition) is 6. The summed E-state index contributed by atoms with van der Waals surface area (Å²) in [5.41, 5.74) is 0.793. The Morgan fingerprint density at radius 2 is 2.12 bits per heavy atom. The minimum absolute atomic E-state index is 0.192. The molecule has 1 aromatic carbocycles. The van der Waals surface area contributed by atoms with Crippen molar-refractivity contribution in [3.05, 3.63) is 36.0 Å². The summed E-state index contributed by atoms with van der Waals surface area (Å²) in [6.07, 6.45) is 0.0540. The van der Waals surface area contributed by atoms with Crippen LogP contribution in [0.2, 0.25) is 0 Å². The Kier molecular flexibility index (Phi) is 6.29. The molecule has 7 nitrogen and oxygen atoms in total. The second-order valence-corrected chi connectivity index (χ2v) is 5.35. The fourth-order valence-corrected chi connectivity index (χ4v) is 2.20. The number of para-hydroxylation sites is 1. The maximum Gasteiger partial charge on any atom is 0.305 e. The van der Waals surface area contributed by atoms with Crippen molar-refractivity contribution in [1.82, 2.24) is 10.3 Å². The maximum atomic E-state index is 12.3. The summed E-state index contributed by atoms with van der Waals surface area (Å²) >= 11 is 0. The molecule has 2 aromatic rings. The number of methoxy groups -OCH3 is 1. The summed E-state index contributed by atoms with van der Waals surface area (Å²) in [6, 6.07) is 10.8. The third-order valence-electron chi connectivity index (χ3n) is 3.47. The number of nitriles is 1. The molecule has 1 unspecified atom stereocenters. The Morgan fingerprint density at radius 1 is 1.36 bits per heavy atom. The quantitative estimate of drug-likeness (QED) is 0.612. The van der Waals surface area contributed by atoms with Crippen LogP contribution in [0.3, 0.4) is 0 Å². The molecule has 2 rings (SSSR count). The van der Waals surface area contributed by atoms with Crippen LogP contribution < -0.4 is 10.1 Å². The van der Waals surface area contributed by atoms with Crippen molar-refractivity contribution in [2.24, 2.45) is 0 Å². The van der Waals surface area contributed by atoms with Gasteiger partial charge in [0.15, 0.2) is 6.10 Å². The van der Waals surface area contributed by atoms with E-state index in [1.807, 2.05) is 24.3 Å². The van der Waals surface area contributed by atoms with E-state index in [-0.39, 0.29) is 24.0 Å². The van der Waals surface area contributed by atoms with Crippen LogP contribution in [0.1, 0.15) is 30.3 Å². The second-order valence-electron chi connectivity index (χ2n) is 5.35. The number of hydrogen-bond donors (Lipinski definition) is 1. The molecule has 7 heteroatoms. The summed E-state index contributed by atoms with van der Waals surface area (Å²) in [6.45, 7) is 1.95. The summed E-state index contributed by atoms with van der Waals surface area (Å²) in [7, 11) is 1.32. The zero-order chi connectivity index (χ0) is 18.2. The molecule has 0 aliphatic rings. The van der Waals surface area contributed by atoms with E-state index in [1.54, 1.807) is 13.0 Å². The lowest BCUT2D eigenvalue weighted by molar-refractivity contribution is -0.140. The number of nitrogens with one attached hydrogen (secondary N) is 1. The van der Waals surface area contributed by atoms with Crippen LogP contribution in [0.5, 0.6) is 5.75 Å². The number of benzene rings is 1. The number of carbonyl (C=O) groups is 2. The number of amides is 1. The highest BCUT2D eigenvalue weighted by atomic mass is 16.5. The van der Waals surface area contributed by atoms with Crippen LogP contribution in [-0.4, -0.2) is 36.6 Å². The van der Waals surface area contributed by atoms with Crippen molar-refractivity contribution in [1.29, 1.82) is 5.26 Å². The highest BCUT2D eigenvalue weighted by Crippen LogP contribution is 2.26. The lowest BCUT2D eigenvalue weighted by atomic mass is 10.1. The van der Waals surface area contributed by atoms with Gasteiger partial charge in [-0.1, -0.05) is 12.1 Å². The molecule has 0 saturated heterocycles. The molecule has 0 aliphatic heterocycles. The third-order valence-corrected chi connectivity index (χ3v) is 3.47. The highest BCUT2D eigenvalue weighted by molar-refractivity contribution is 5.97. The van der Waals surface area contributed by atoms with Gasteiger partial charge in [-0.25, -0.2) is 4.98 Å². The summed E-state index contributed by atoms with van der Waals surface area (Å²) in [5, 5.41) is 12.4. The number of carbonyl (C=O) groups excluding carboxylic acids is 2. The molecule has 1 N–H and O–H groups in total. The minimum atomic E-state index is -0.651. The molecule has 0 spiro atoms. The van der Waals surface area contributed by atoms with E-state index in [9.17, 15) is 9.59 Å². The van der Waals surface area contributed by atoms with Gasteiger partial charge in [0, 0.05) is 24.4 Å². The summed E-state index contributed by atoms with van der Waals surface area (Å²) in [5.74, 6) is -0.260. The predicted molar refractivity (Wildman–Crippen MR) is 91.0 cm³/mol. The van der Waals surface area contributed by atoms with Crippen molar-refractivity contribution in [3.8, 4) is 11.8 Å². The van der Waals surface area contributed by atoms with Crippen LogP contribution in [0, 0.1) is 11.3 Å². The molecule has 0 aliphatic carbocycles. The van der Waals surface area contributed by atoms with Gasteiger partial charge in [0.1, 0.15) is 17.5 Å². The van der Waals surface area contributed by atoms with Crippen LogP contribution in [0.4, 0.5) is 0 Å². The lowest BCUT2D eigenvalue weighted by Gasteiger charge is -2.12. The van der Waals surface area contributed by atoms with E-state index in [1.165, 1.54) is 13.2 Å². The molecule has 130 valence electrons. The van der Waals surface area contributed by atoms with Crippen molar-refractivity contribution in [2.75, 3.05) is 13.7 Å². The van der Waals surface area contributed by atoms with Gasteiger partial charge in [0.25, 0.3) is 5.91 Å². The molecular weight excluding hydrogens is 322 g/mol. The molecule has 0 saturated carbocycles. The monoisotopic (exact) mass is 341 g/mol. The van der Waals surface area contributed by atoms with E-state index < -0.39 is 6.10 Å². The molecule has 0 radical (unpaired) electrons. The van der Waals surface area contributed by atoms with Crippen molar-refractivity contribution < 1.29 is 19.1 Å². The van der Waals surface area contributed by atoms with Crippen molar-refractivity contribution in [3.63, 3.8) is 0 Å². The molecule has 25 heavy (non-hydrogen) atoms. The number of ether oxygens (including phenoxy) is 2. The average Bonchev–Trinajstić information content (AvgIpc) is 2.64. The van der Waals surface area contributed by atoms with Crippen LogP contribution in [0.25, 0.3) is 10.9 Å². The smallest absolute Gasteiger partial charge is 0.305 e. The fourth-order valence-electron chi connectivity index (χ4n) is 2.20. The maximum absolute atomic E-state index is 12.3. The molecule has 1 heterocycles. The Bertz CT molecular complexity index is 814. The number of nitrogens with zero attached hydrogens (tertiary/aromatic N) is 2. The van der Waals surface area contributed by atoms with Gasteiger partial charge < -0.3 is 14.8 Å².